The van der Waals surface area contributed by atoms with Crippen LogP contribution in [0, 0.1) is 6.92 Å². The molecule has 0 aliphatic carbocycles. The fourth-order valence-corrected chi connectivity index (χ4v) is 3.30. The summed E-state index contributed by atoms with van der Waals surface area (Å²) in [7, 11) is 0. The Kier molecular flexibility index (Phi) is 5.22. The molecule has 1 unspecified atom stereocenters. The minimum absolute atomic E-state index is 0.122. The minimum atomic E-state index is -0.131. The van der Waals surface area contributed by atoms with Crippen LogP contribution in [0.25, 0.3) is 22.4 Å². The van der Waals surface area contributed by atoms with Crippen molar-refractivity contribution in [1.82, 2.24) is 25.1 Å². The van der Waals surface area contributed by atoms with Gasteiger partial charge in [0.05, 0.1) is 23.5 Å². The number of nitrogens with zero attached hydrogens (tertiary/aromatic N) is 4. The van der Waals surface area contributed by atoms with Crippen LogP contribution in [0.3, 0.4) is 0 Å². The van der Waals surface area contributed by atoms with Gasteiger partial charge in [0.1, 0.15) is 5.82 Å². The molecular formula is C22H23N5O2. The van der Waals surface area contributed by atoms with E-state index in [-0.39, 0.29) is 11.6 Å². The van der Waals surface area contributed by atoms with Crippen molar-refractivity contribution in [3.63, 3.8) is 0 Å². The molecule has 0 fully saturated rings. The van der Waals surface area contributed by atoms with Gasteiger partial charge in [-0.05, 0) is 44.7 Å². The van der Waals surface area contributed by atoms with Gasteiger partial charge in [-0.15, -0.1) is 10.2 Å². The minimum Gasteiger partial charge on any atom is -0.419 e. The normalized spacial score (nSPS) is 12.6. The Bertz CT molecular complexity index is 1180. The fourth-order valence-electron chi connectivity index (χ4n) is 3.30. The average molecular weight is 389 g/mol. The van der Waals surface area contributed by atoms with Crippen molar-refractivity contribution < 1.29 is 4.42 Å². The molecule has 0 aliphatic rings. The highest BCUT2D eigenvalue weighted by molar-refractivity contribution is 5.77. The summed E-state index contributed by atoms with van der Waals surface area (Å²) in [4.78, 5) is 21.9. The second-order valence-corrected chi connectivity index (χ2v) is 7.08. The van der Waals surface area contributed by atoms with E-state index >= 15 is 0 Å². The predicted molar refractivity (Wildman–Crippen MR) is 111 cm³/mol. The maximum atomic E-state index is 12.3. The molecule has 0 amide bonds. The Labute approximate surface area is 168 Å². The number of aryl methyl sites for hydroxylation is 1. The highest BCUT2D eigenvalue weighted by Gasteiger charge is 2.22. The Hall–Kier alpha value is -3.32. The molecule has 0 radical (unpaired) electrons. The molecule has 2 heterocycles. The molecule has 0 saturated heterocycles. The molecule has 1 atom stereocenters. The number of H-pyrrole nitrogens is 1. The van der Waals surface area contributed by atoms with Crippen molar-refractivity contribution >= 4 is 10.9 Å². The molecule has 0 aliphatic heterocycles. The van der Waals surface area contributed by atoms with Gasteiger partial charge in [0, 0.05) is 5.56 Å². The van der Waals surface area contributed by atoms with Crippen LogP contribution in [0.5, 0.6) is 0 Å². The first-order valence-electron chi connectivity index (χ1n) is 9.67. The highest BCUT2D eigenvalue weighted by atomic mass is 16.4. The largest absolute Gasteiger partial charge is 0.419 e. The maximum absolute atomic E-state index is 12.3. The Balaban J connectivity index is 1.56. The Morgan fingerprint density at radius 2 is 1.86 bits per heavy atom. The summed E-state index contributed by atoms with van der Waals surface area (Å²) in [5, 5.41) is 9.03. The topological polar surface area (TPSA) is 87.9 Å². The van der Waals surface area contributed by atoms with Gasteiger partial charge in [-0.3, -0.25) is 9.69 Å². The second-order valence-electron chi connectivity index (χ2n) is 7.08. The first kappa shape index (κ1) is 19.0. The molecule has 2 aromatic carbocycles. The third-order valence-electron chi connectivity index (χ3n) is 5.07. The number of aromatic amines is 1. The number of hydrogen-bond donors (Lipinski definition) is 1. The molecule has 0 bridgehead atoms. The van der Waals surface area contributed by atoms with Gasteiger partial charge in [0.15, 0.2) is 0 Å². The van der Waals surface area contributed by atoms with Gasteiger partial charge >= 0.3 is 0 Å². The van der Waals surface area contributed by atoms with Gasteiger partial charge in [-0.25, -0.2) is 4.98 Å². The molecule has 0 spiro atoms. The summed E-state index contributed by atoms with van der Waals surface area (Å²) in [6.45, 7) is 7.30. The summed E-state index contributed by atoms with van der Waals surface area (Å²) in [5.74, 6) is 1.64. The van der Waals surface area contributed by atoms with E-state index in [0.717, 1.165) is 12.1 Å². The summed E-state index contributed by atoms with van der Waals surface area (Å²) in [5.41, 5.74) is 2.63. The number of rotatable bonds is 6. The zero-order valence-corrected chi connectivity index (χ0v) is 16.7. The number of para-hydroxylation sites is 1. The summed E-state index contributed by atoms with van der Waals surface area (Å²) in [6, 6.07) is 15.2. The van der Waals surface area contributed by atoms with Crippen LogP contribution in [0.4, 0.5) is 0 Å². The average Bonchev–Trinajstić information content (AvgIpc) is 3.22. The summed E-state index contributed by atoms with van der Waals surface area (Å²) < 4.78 is 5.93. The lowest BCUT2D eigenvalue weighted by Crippen LogP contribution is -2.28. The third-order valence-corrected chi connectivity index (χ3v) is 5.07. The van der Waals surface area contributed by atoms with Gasteiger partial charge in [-0.2, -0.15) is 0 Å². The van der Waals surface area contributed by atoms with Crippen LogP contribution in [-0.4, -0.2) is 31.6 Å². The van der Waals surface area contributed by atoms with Crippen molar-refractivity contribution in [3.8, 4) is 11.5 Å². The number of fused-ring (bicyclic) bond motifs is 1. The Morgan fingerprint density at radius 3 is 2.62 bits per heavy atom. The van der Waals surface area contributed by atoms with Crippen LogP contribution in [0.15, 0.2) is 57.7 Å². The lowest BCUT2D eigenvalue weighted by atomic mass is 10.1. The molecule has 29 heavy (non-hydrogen) atoms. The SMILES string of the molecule is CCN(Cc1nc2ccccc2c(=O)[nH]1)C(C)c1nnc(-c2ccc(C)cc2)o1. The van der Waals surface area contributed by atoms with Crippen molar-refractivity contribution in [2.24, 2.45) is 0 Å². The number of benzene rings is 2. The standard InChI is InChI=1S/C22H23N5O2/c1-4-27(13-19-23-18-8-6-5-7-17(18)20(28)24-19)15(3)21-25-26-22(29-21)16-11-9-14(2)10-12-16/h5-12,15H,4,13H2,1-3H3,(H,23,24,28). The van der Waals surface area contributed by atoms with E-state index < -0.39 is 0 Å². The van der Waals surface area contributed by atoms with E-state index in [1.807, 2.05) is 63.2 Å². The first-order chi connectivity index (χ1) is 14.0. The molecule has 7 heteroatoms. The van der Waals surface area contributed by atoms with E-state index in [1.54, 1.807) is 6.07 Å². The highest BCUT2D eigenvalue weighted by Crippen LogP contribution is 2.25. The summed E-state index contributed by atoms with van der Waals surface area (Å²) >= 11 is 0. The lowest BCUT2D eigenvalue weighted by Gasteiger charge is -2.24. The van der Waals surface area contributed by atoms with Crippen LogP contribution >= 0.6 is 0 Å². The second kappa shape index (κ2) is 7.97. The smallest absolute Gasteiger partial charge is 0.258 e. The van der Waals surface area contributed by atoms with Crippen molar-refractivity contribution in [2.75, 3.05) is 6.54 Å². The number of nitrogens with one attached hydrogen (secondary N) is 1. The number of hydrogen-bond acceptors (Lipinski definition) is 6. The third kappa shape index (κ3) is 3.95. The van der Waals surface area contributed by atoms with Gasteiger partial charge < -0.3 is 9.40 Å². The molecule has 4 aromatic rings. The number of aromatic nitrogens is 4. The van der Waals surface area contributed by atoms with Crippen LogP contribution in [0.1, 0.15) is 37.2 Å². The van der Waals surface area contributed by atoms with Crippen molar-refractivity contribution in [2.45, 2.75) is 33.4 Å². The van der Waals surface area contributed by atoms with Crippen LogP contribution in [0.2, 0.25) is 0 Å². The molecule has 2 aromatic heterocycles. The van der Waals surface area contributed by atoms with E-state index in [9.17, 15) is 4.79 Å². The van der Waals surface area contributed by atoms with Crippen LogP contribution < -0.4 is 5.56 Å². The zero-order valence-electron chi connectivity index (χ0n) is 16.7. The van der Waals surface area contributed by atoms with E-state index in [2.05, 4.69) is 25.1 Å². The first-order valence-corrected chi connectivity index (χ1v) is 9.67. The van der Waals surface area contributed by atoms with E-state index in [4.69, 9.17) is 4.42 Å². The Morgan fingerprint density at radius 1 is 1.10 bits per heavy atom. The van der Waals surface area contributed by atoms with Gasteiger partial charge in [0.2, 0.25) is 11.8 Å². The van der Waals surface area contributed by atoms with Gasteiger partial charge in [0.25, 0.3) is 5.56 Å². The monoisotopic (exact) mass is 389 g/mol. The van der Waals surface area contributed by atoms with Gasteiger partial charge in [-0.1, -0.05) is 36.8 Å². The van der Waals surface area contributed by atoms with Crippen LogP contribution in [-0.2, 0) is 6.54 Å². The molecule has 0 saturated carbocycles. The van der Waals surface area contributed by atoms with E-state index in [1.165, 1.54) is 5.56 Å². The zero-order chi connectivity index (χ0) is 20.4. The molecule has 4 rings (SSSR count). The molecule has 7 nitrogen and oxygen atoms in total. The van der Waals surface area contributed by atoms with Crippen molar-refractivity contribution in [3.05, 3.63) is 76.2 Å². The predicted octanol–water partition coefficient (Wildman–Crippen LogP) is 3.86. The van der Waals surface area contributed by atoms with E-state index in [0.29, 0.717) is 35.1 Å². The maximum Gasteiger partial charge on any atom is 0.258 e. The molecule has 148 valence electrons. The summed E-state index contributed by atoms with van der Waals surface area (Å²) in [6.07, 6.45) is 0. The lowest BCUT2D eigenvalue weighted by molar-refractivity contribution is 0.180. The fraction of sp³-hybridized carbons (Fsp3) is 0.273. The molecular weight excluding hydrogens is 366 g/mol. The quantitative estimate of drug-likeness (QED) is 0.539. The molecule has 1 N–H and O–H groups in total. The van der Waals surface area contributed by atoms with Crippen molar-refractivity contribution in [1.29, 1.82) is 0 Å².